The van der Waals surface area contributed by atoms with Crippen LogP contribution in [0.15, 0.2) is 10.5 Å². The average Bonchev–Trinajstić information content (AvgIpc) is 2.63. The van der Waals surface area contributed by atoms with E-state index in [9.17, 15) is 22.4 Å². The number of amides is 1. The molecule has 1 amide bonds. The lowest BCUT2D eigenvalue weighted by molar-refractivity contribution is -0.138. The molecule has 1 saturated heterocycles. The largest absolute Gasteiger partial charge is 0.444 e. The lowest BCUT2D eigenvalue weighted by atomic mass is 10.1. The predicted octanol–water partition coefficient (Wildman–Crippen LogP) is 6.04. The lowest BCUT2D eigenvalue weighted by Crippen LogP contribution is -2.59. The minimum absolute atomic E-state index is 0.0695. The topological polar surface area (TPSA) is 58.6 Å². The van der Waals surface area contributed by atoms with Gasteiger partial charge in [0.1, 0.15) is 16.9 Å². The summed E-state index contributed by atoms with van der Waals surface area (Å²) in [6.45, 7) is 9.29. The van der Waals surface area contributed by atoms with Gasteiger partial charge in [0.25, 0.3) is 0 Å². The number of rotatable bonds is 1. The number of ether oxygens (including phenoxy) is 1. The number of benzene rings is 1. The fourth-order valence-corrected chi connectivity index (χ4v) is 4.27. The van der Waals surface area contributed by atoms with Crippen LogP contribution < -0.4 is 4.90 Å². The van der Waals surface area contributed by atoms with Gasteiger partial charge >= 0.3 is 12.3 Å². The Morgan fingerprint density at radius 3 is 2.38 bits per heavy atom. The molecule has 176 valence electrons. The van der Waals surface area contributed by atoms with Crippen LogP contribution in [0.2, 0.25) is 5.28 Å². The number of fused-ring (bicyclic) bond motifs is 1. The highest BCUT2D eigenvalue weighted by Gasteiger charge is 2.38. The molecule has 1 aromatic heterocycles. The highest BCUT2D eigenvalue weighted by Crippen LogP contribution is 2.41. The molecule has 3 rings (SSSR count). The summed E-state index contributed by atoms with van der Waals surface area (Å²) in [5.74, 6) is -1.10. The summed E-state index contributed by atoms with van der Waals surface area (Å²) in [6.07, 6.45) is -5.28. The summed E-state index contributed by atoms with van der Waals surface area (Å²) in [4.78, 5) is 23.8. The number of alkyl halides is 3. The van der Waals surface area contributed by atoms with Crippen LogP contribution in [-0.4, -0.2) is 51.7 Å². The van der Waals surface area contributed by atoms with Gasteiger partial charge in [0.05, 0.1) is 10.0 Å². The van der Waals surface area contributed by atoms with Crippen LogP contribution in [0.3, 0.4) is 0 Å². The normalized spacial score (nSPS) is 20.1. The predicted molar refractivity (Wildman–Crippen MR) is 116 cm³/mol. The van der Waals surface area contributed by atoms with E-state index in [1.165, 1.54) is 0 Å². The van der Waals surface area contributed by atoms with Crippen molar-refractivity contribution in [2.75, 3.05) is 18.0 Å². The first-order valence-electron chi connectivity index (χ1n) is 9.79. The van der Waals surface area contributed by atoms with Gasteiger partial charge < -0.3 is 14.5 Å². The van der Waals surface area contributed by atoms with E-state index in [1.807, 2.05) is 0 Å². The van der Waals surface area contributed by atoms with Crippen molar-refractivity contribution in [3.63, 3.8) is 0 Å². The first-order chi connectivity index (χ1) is 14.6. The molecule has 0 saturated carbocycles. The Kier molecular flexibility index (Phi) is 6.56. The summed E-state index contributed by atoms with van der Waals surface area (Å²) >= 11 is 8.68. The van der Waals surface area contributed by atoms with Gasteiger partial charge in [-0.2, -0.15) is 18.2 Å². The molecule has 6 nitrogen and oxygen atoms in total. The van der Waals surface area contributed by atoms with E-state index in [4.69, 9.17) is 16.3 Å². The van der Waals surface area contributed by atoms with Crippen molar-refractivity contribution in [2.24, 2.45) is 0 Å². The summed E-state index contributed by atoms with van der Waals surface area (Å²) in [5.41, 5.74) is -2.18. The number of hydrogen-bond acceptors (Lipinski definition) is 5. The first-order valence-corrected chi connectivity index (χ1v) is 11.0. The molecule has 0 spiro atoms. The smallest absolute Gasteiger partial charge is 0.417 e. The standard InChI is InChI=1S/C20H22BrClF4N4O2/c1-9-8-30(18(31)32-19(3,4)5)10(2)7-29(9)16-11-6-12(20(24,25)26)13(21)14(23)15(11)27-17(22)28-16/h6,9-10H,7-8H2,1-5H3/t9-,10+/m0/s1. The second kappa shape index (κ2) is 8.48. The second-order valence-electron chi connectivity index (χ2n) is 8.75. The van der Waals surface area contributed by atoms with Gasteiger partial charge in [-0.15, -0.1) is 0 Å². The van der Waals surface area contributed by atoms with Crippen LogP contribution in [0, 0.1) is 5.82 Å². The van der Waals surface area contributed by atoms with Gasteiger partial charge in [-0.25, -0.2) is 14.2 Å². The molecule has 0 radical (unpaired) electrons. The average molecular weight is 542 g/mol. The molecule has 1 aliphatic rings. The Morgan fingerprint density at radius 1 is 1.19 bits per heavy atom. The lowest BCUT2D eigenvalue weighted by Gasteiger charge is -2.45. The van der Waals surface area contributed by atoms with Crippen LogP contribution in [0.5, 0.6) is 0 Å². The zero-order chi connectivity index (χ0) is 24.2. The SMILES string of the molecule is C[C@@H]1CN(c2nc(Cl)nc3c(F)c(Br)c(C(F)(F)F)cc23)[C@@H](C)CN1C(=O)OC(C)(C)C. The van der Waals surface area contributed by atoms with E-state index in [1.54, 1.807) is 44.4 Å². The Labute approximate surface area is 196 Å². The summed E-state index contributed by atoms with van der Waals surface area (Å²) in [5, 5.41) is -0.417. The maximum Gasteiger partial charge on any atom is 0.417 e. The molecule has 2 heterocycles. The zero-order valence-corrected chi connectivity index (χ0v) is 20.4. The number of aromatic nitrogens is 2. The summed E-state index contributed by atoms with van der Waals surface area (Å²) in [6, 6.07) is 0.0901. The molecule has 2 aromatic rings. The number of halogens is 6. The van der Waals surface area contributed by atoms with Crippen molar-refractivity contribution >= 4 is 50.3 Å². The summed E-state index contributed by atoms with van der Waals surface area (Å²) < 4.78 is 60.0. The third-order valence-corrected chi connectivity index (χ3v) is 5.96. The fourth-order valence-electron chi connectivity index (χ4n) is 3.58. The van der Waals surface area contributed by atoms with E-state index < -0.39 is 33.7 Å². The molecule has 2 atom stereocenters. The fraction of sp³-hybridized carbons (Fsp3) is 0.550. The molecule has 0 N–H and O–H groups in total. The van der Waals surface area contributed by atoms with Crippen molar-refractivity contribution < 1.29 is 27.1 Å². The monoisotopic (exact) mass is 540 g/mol. The van der Waals surface area contributed by atoms with Crippen LogP contribution in [0.4, 0.5) is 28.2 Å². The summed E-state index contributed by atoms with van der Waals surface area (Å²) in [7, 11) is 0. The van der Waals surface area contributed by atoms with E-state index in [0.29, 0.717) is 0 Å². The van der Waals surface area contributed by atoms with Crippen LogP contribution in [0.1, 0.15) is 40.2 Å². The molecular formula is C20H22BrClF4N4O2. The van der Waals surface area contributed by atoms with Gasteiger partial charge in [0, 0.05) is 30.6 Å². The third-order valence-electron chi connectivity index (χ3n) is 5.02. The number of hydrogen-bond donors (Lipinski definition) is 0. The highest BCUT2D eigenvalue weighted by atomic mass is 79.9. The Balaban J connectivity index is 2.06. The second-order valence-corrected chi connectivity index (χ2v) is 9.88. The molecule has 1 aliphatic heterocycles. The van der Waals surface area contributed by atoms with E-state index in [0.717, 1.165) is 6.07 Å². The van der Waals surface area contributed by atoms with E-state index >= 15 is 0 Å². The Morgan fingerprint density at radius 2 is 1.81 bits per heavy atom. The van der Waals surface area contributed by atoms with Crippen molar-refractivity contribution in [2.45, 2.75) is 58.5 Å². The Hall–Kier alpha value is -1.88. The van der Waals surface area contributed by atoms with Gasteiger partial charge in [0.15, 0.2) is 5.82 Å². The van der Waals surface area contributed by atoms with Crippen molar-refractivity contribution in [1.82, 2.24) is 14.9 Å². The maximum absolute atomic E-state index is 14.8. The van der Waals surface area contributed by atoms with Gasteiger partial charge in [-0.3, -0.25) is 0 Å². The third kappa shape index (κ3) is 4.88. The molecule has 0 aliphatic carbocycles. The number of anilines is 1. The van der Waals surface area contributed by atoms with E-state index in [-0.39, 0.29) is 47.2 Å². The van der Waals surface area contributed by atoms with E-state index in [2.05, 4.69) is 25.9 Å². The van der Waals surface area contributed by atoms with Crippen molar-refractivity contribution in [3.8, 4) is 0 Å². The van der Waals surface area contributed by atoms with Gasteiger partial charge in [0.2, 0.25) is 5.28 Å². The molecule has 0 unspecified atom stereocenters. The number of carbonyl (C=O) groups is 1. The molecule has 0 bridgehead atoms. The van der Waals surface area contributed by atoms with Gasteiger partial charge in [-0.1, -0.05) is 0 Å². The molecule has 32 heavy (non-hydrogen) atoms. The maximum atomic E-state index is 14.8. The minimum Gasteiger partial charge on any atom is -0.444 e. The highest BCUT2D eigenvalue weighted by molar-refractivity contribution is 9.10. The number of carbonyl (C=O) groups excluding carboxylic acids is 1. The van der Waals surface area contributed by atoms with Gasteiger partial charge in [-0.05, 0) is 68.2 Å². The molecule has 12 heteroatoms. The zero-order valence-electron chi connectivity index (χ0n) is 18.0. The Bertz CT molecular complexity index is 1060. The van der Waals surface area contributed by atoms with Crippen molar-refractivity contribution in [3.05, 3.63) is 27.2 Å². The number of piperazine rings is 1. The molecule has 1 fully saturated rings. The molecular weight excluding hydrogens is 520 g/mol. The molecule has 1 aromatic carbocycles. The number of nitrogens with zero attached hydrogens (tertiary/aromatic N) is 4. The quantitative estimate of drug-likeness (QED) is 0.326. The van der Waals surface area contributed by atoms with Crippen LogP contribution >= 0.6 is 27.5 Å². The minimum atomic E-state index is -4.79. The first kappa shape index (κ1) is 24.8. The van der Waals surface area contributed by atoms with Crippen LogP contribution in [0.25, 0.3) is 10.9 Å². The van der Waals surface area contributed by atoms with Crippen LogP contribution in [-0.2, 0) is 10.9 Å². The van der Waals surface area contributed by atoms with Crippen molar-refractivity contribution in [1.29, 1.82) is 0 Å².